The molecular formula is C13H13F2NO3. The van der Waals surface area contributed by atoms with Crippen LogP contribution >= 0.6 is 0 Å². The Bertz CT molecular complexity index is 509. The first-order valence-corrected chi connectivity index (χ1v) is 5.58. The average Bonchev–Trinajstić information content (AvgIpc) is 2.38. The maximum absolute atomic E-state index is 12.7. The lowest BCUT2D eigenvalue weighted by molar-refractivity contribution is -0.142. The molecule has 0 fully saturated rings. The third-order valence-electron chi connectivity index (χ3n) is 2.45. The summed E-state index contributed by atoms with van der Waals surface area (Å²) in [5, 5.41) is 8.98. The first kappa shape index (κ1) is 14.9. The topological polar surface area (TPSA) is 59.3 Å². The van der Waals surface area contributed by atoms with Gasteiger partial charge in [0.2, 0.25) is 0 Å². The van der Waals surface area contributed by atoms with Crippen LogP contribution in [0, 0.1) is 11.3 Å². The molecule has 102 valence electrons. The van der Waals surface area contributed by atoms with Gasteiger partial charge in [-0.3, -0.25) is 4.79 Å². The van der Waals surface area contributed by atoms with Crippen molar-refractivity contribution in [2.75, 3.05) is 13.7 Å². The van der Waals surface area contributed by atoms with Crippen LogP contribution in [0.3, 0.4) is 0 Å². The fourth-order valence-corrected chi connectivity index (χ4v) is 1.61. The van der Waals surface area contributed by atoms with E-state index in [9.17, 15) is 13.6 Å². The summed E-state index contributed by atoms with van der Waals surface area (Å²) in [6.07, 6.45) is -2.90. The molecule has 0 amide bonds. The van der Waals surface area contributed by atoms with Crippen molar-refractivity contribution >= 4 is 5.97 Å². The van der Waals surface area contributed by atoms with E-state index in [1.165, 1.54) is 7.11 Å². The van der Waals surface area contributed by atoms with Crippen LogP contribution in [0.15, 0.2) is 12.1 Å². The maximum Gasteiger partial charge on any atom is 0.310 e. The molecule has 1 aromatic rings. The third-order valence-corrected chi connectivity index (χ3v) is 2.45. The first-order chi connectivity index (χ1) is 9.03. The molecule has 0 bridgehead atoms. The Morgan fingerprint density at radius 1 is 1.47 bits per heavy atom. The number of nitriles is 1. The van der Waals surface area contributed by atoms with Crippen molar-refractivity contribution in [2.45, 2.75) is 19.8 Å². The predicted molar refractivity (Wildman–Crippen MR) is 63.0 cm³/mol. The van der Waals surface area contributed by atoms with Crippen LogP contribution in [-0.4, -0.2) is 19.7 Å². The number of carbonyl (C=O) groups is 1. The zero-order valence-corrected chi connectivity index (χ0v) is 10.6. The van der Waals surface area contributed by atoms with Gasteiger partial charge in [-0.05, 0) is 19.1 Å². The number of esters is 1. The zero-order valence-electron chi connectivity index (χ0n) is 10.6. The standard InChI is InChI=1S/C13H13F2NO3/c1-3-19-12(17)6-10-9(7-16)4-8(13(14)15)5-11(10)18-2/h4-5,13H,3,6H2,1-2H3. The van der Waals surface area contributed by atoms with Crippen molar-refractivity contribution in [3.05, 3.63) is 28.8 Å². The molecule has 0 spiro atoms. The summed E-state index contributed by atoms with van der Waals surface area (Å²) in [6, 6.07) is 3.97. The second-order valence-electron chi connectivity index (χ2n) is 3.64. The minimum absolute atomic E-state index is 0.0114. The Morgan fingerprint density at radius 2 is 2.16 bits per heavy atom. The number of ether oxygens (including phenoxy) is 2. The Morgan fingerprint density at radius 3 is 2.63 bits per heavy atom. The van der Waals surface area contributed by atoms with Gasteiger partial charge >= 0.3 is 5.97 Å². The molecule has 0 radical (unpaired) electrons. The highest BCUT2D eigenvalue weighted by Crippen LogP contribution is 2.30. The van der Waals surface area contributed by atoms with E-state index in [2.05, 4.69) is 0 Å². The number of benzene rings is 1. The Hall–Kier alpha value is -2.16. The minimum atomic E-state index is -2.71. The molecule has 19 heavy (non-hydrogen) atoms. The van der Waals surface area contributed by atoms with Crippen molar-refractivity contribution < 1.29 is 23.0 Å². The van der Waals surface area contributed by atoms with Crippen molar-refractivity contribution in [2.24, 2.45) is 0 Å². The monoisotopic (exact) mass is 269 g/mol. The number of hydrogen-bond acceptors (Lipinski definition) is 4. The molecule has 4 nitrogen and oxygen atoms in total. The minimum Gasteiger partial charge on any atom is -0.496 e. The number of nitrogens with zero attached hydrogens (tertiary/aromatic N) is 1. The van der Waals surface area contributed by atoms with E-state index >= 15 is 0 Å². The van der Waals surface area contributed by atoms with Gasteiger partial charge in [0.25, 0.3) is 6.43 Å². The zero-order chi connectivity index (χ0) is 14.4. The Balaban J connectivity index is 3.22. The van der Waals surface area contributed by atoms with Gasteiger partial charge in [-0.25, -0.2) is 8.78 Å². The fourth-order valence-electron chi connectivity index (χ4n) is 1.61. The predicted octanol–water partition coefficient (Wildman–Crippen LogP) is 2.61. The van der Waals surface area contributed by atoms with E-state index in [4.69, 9.17) is 14.7 Å². The number of methoxy groups -OCH3 is 1. The normalized spacial score (nSPS) is 10.1. The van der Waals surface area contributed by atoms with E-state index in [-0.39, 0.29) is 35.5 Å². The lowest BCUT2D eigenvalue weighted by Gasteiger charge is -2.12. The van der Waals surface area contributed by atoms with Crippen molar-refractivity contribution in [3.63, 3.8) is 0 Å². The molecule has 0 saturated carbocycles. The second kappa shape index (κ2) is 6.69. The number of halogens is 2. The molecule has 0 N–H and O–H groups in total. The van der Waals surface area contributed by atoms with Gasteiger partial charge in [-0.2, -0.15) is 5.26 Å². The van der Waals surface area contributed by atoms with Crippen LogP contribution in [0.5, 0.6) is 5.75 Å². The van der Waals surface area contributed by atoms with E-state index in [1.54, 1.807) is 13.0 Å². The summed E-state index contributed by atoms with van der Waals surface area (Å²) in [5.74, 6) is -0.454. The molecule has 0 atom stereocenters. The average molecular weight is 269 g/mol. The maximum atomic E-state index is 12.7. The van der Waals surface area contributed by atoms with E-state index in [1.807, 2.05) is 0 Å². The second-order valence-corrected chi connectivity index (χ2v) is 3.64. The summed E-state index contributed by atoms with van der Waals surface area (Å²) >= 11 is 0. The van der Waals surface area contributed by atoms with Crippen LogP contribution < -0.4 is 4.74 Å². The number of alkyl halides is 2. The Kier molecular flexibility index (Phi) is 5.24. The van der Waals surface area contributed by atoms with Gasteiger partial charge in [0.15, 0.2) is 0 Å². The molecule has 6 heteroatoms. The largest absolute Gasteiger partial charge is 0.496 e. The van der Waals surface area contributed by atoms with Gasteiger partial charge in [-0.1, -0.05) is 0 Å². The summed E-state index contributed by atoms with van der Waals surface area (Å²) in [6.45, 7) is 1.86. The highest BCUT2D eigenvalue weighted by atomic mass is 19.3. The van der Waals surface area contributed by atoms with Gasteiger partial charge in [0.05, 0.1) is 31.8 Å². The first-order valence-electron chi connectivity index (χ1n) is 5.58. The van der Waals surface area contributed by atoms with Crippen LogP contribution in [0.25, 0.3) is 0 Å². The molecule has 0 heterocycles. The molecule has 0 aliphatic heterocycles. The fraction of sp³-hybridized carbons (Fsp3) is 0.385. The van der Waals surface area contributed by atoms with Crippen LogP contribution in [-0.2, 0) is 16.0 Å². The molecular weight excluding hydrogens is 256 g/mol. The third kappa shape index (κ3) is 3.65. The lowest BCUT2D eigenvalue weighted by Crippen LogP contribution is -2.10. The van der Waals surface area contributed by atoms with E-state index < -0.39 is 12.4 Å². The summed E-state index contributed by atoms with van der Waals surface area (Å²) in [4.78, 5) is 11.4. The SMILES string of the molecule is CCOC(=O)Cc1c(C#N)cc(C(F)F)cc1OC. The number of hydrogen-bond donors (Lipinski definition) is 0. The summed E-state index contributed by atoms with van der Waals surface area (Å²) in [5.41, 5.74) is -0.0726. The van der Waals surface area contributed by atoms with Crippen LogP contribution in [0.2, 0.25) is 0 Å². The lowest BCUT2D eigenvalue weighted by atomic mass is 10.0. The molecule has 0 aliphatic rings. The van der Waals surface area contributed by atoms with Crippen molar-refractivity contribution in [1.29, 1.82) is 5.26 Å². The van der Waals surface area contributed by atoms with Gasteiger partial charge < -0.3 is 9.47 Å². The van der Waals surface area contributed by atoms with Gasteiger partial charge in [0, 0.05) is 11.1 Å². The molecule has 0 aromatic heterocycles. The molecule has 1 rings (SSSR count). The molecule has 1 aromatic carbocycles. The van der Waals surface area contributed by atoms with Crippen molar-refractivity contribution in [1.82, 2.24) is 0 Å². The number of rotatable bonds is 5. The van der Waals surface area contributed by atoms with Gasteiger partial charge in [0.1, 0.15) is 5.75 Å². The number of carbonyl (C=O) groups excluding carboxylic acids is 1. The van der Waals surface area contributed by atoms with E-state index in [0.717, 1.165) is 12.1 Å². The highest BCUT2D eigenvalue weighted by molar-refractivity contribution is 5.75. The van der Waals surface area contributed by atoms with E-state index in [0.29, 0.717) is 0 Å². The van der Waals surface area contributed by atoms with Crippen LogP contribution in [0.4, 0.5) is 8.78 Å². The molecule has 0 aliphatic carbocycles. The molecule has 0 saturated heterocycles. The quantitative estimate of drug-likeness (QED) is 0.771. The van der Waals surface area contributed by atoms with Crippen LogP contribution in [0.1, 0.15) is 30.0 Å². The highest BCUT2D eigenvalue weighted by Gasteiger charge is 2.19. The summed E-state index contributed by atoms with van der Waals surface area (Å²) < 4.78 is 35.1. The van der Waals surface area contributed by atoms with Gasteiger partial charge in [-0.15, -0.1) is 0 Å². The smallest absolute Gasteiger partial charge is 0.310 e. The Labute approximate surface area is 109 Å². The van der Waals surface area contributed by atoms with Crippen molar-refractivity contribution in [3.8, 4) is 11.8 Å². The molecule has 0 unspecified atom stereocenters. The summed E-state index contributed by atoms with van der Waals surface area (Å²) in [7, 11) is 1.29.